The summed E-state index contributed by atoms with van der Waals surface area (Å²) in [5.74, 6) is 0. The molecule has 2 unspecified atom stereocenters. The van der Waals surface area contributed by atoms with Crippen molar-refractivity contribution < 1.29 is 9.84 Å². The SMILES string of the molecule is COC1CCCN(CC(O)c2ccc(C(N)=S)cc2)C1. The van der Waals surface area contributed by atoms with Crippen LogP contribution < -0.4 is 5.73 Å². The van der Waals surface area contributed by atoms with E-state index in [-0.39, 0.29) is 6.10 Å². The molecule has 1 aromatic rings. The standard InChI is InChI=1S/C15H22N2O2S/c1-19-13-3-2-8-17(9-13)10-14(18)11-4-6-12(7-5-11)15(16)20/h4-7,13-14,18H,2-3,8-10H2,1H3,(H2,16,20). The second-order valence-electron chi connectivity index (χ2n) is 5.26. The molecule has 1 aliphatic rings. The van der Waals surface area contributed by atoms with Crippen molar-refractivity contribution in [3.05, 3.63) is 35.4 Å². The molecule has 0 saturated carbocycles. The van der Waals surface area contributed by atoms with E-state index in [0.717, 1.165) is 37.1 Å². The van der Waals surface area contributed by atoms with Crippen molar-refractivity contribution in [2.24, 2.45) is 5.73 Å². The maximum atomic E-state index is 10.3. The van der Waals surface area contributed by atoms with E-state index < -0.39 is 6.10 Å². The number of β-amino-alcohol motifs (C(OH)–C–C–N with tert-alkyl or cyclic N) is 1. The Balaban J connectivity index is 1.93. The van der Waals surface area contributed by atoms with Gasteiger partial charge in [-0.2, -0.15) is 0 Å². The van der Waals surface area contributed by atoms with Gasteiger partial charge in [0.15, 0.2) is 0 Å². The van der Waals surface area contributed by atoms with Gasteiger partial charge in [0.25, 0.3) is 0 Å². The lowest BCUT2D eigenvalue weighted by Gasteiger charge is -2.33. The summed E-state index contributed by atoms with van der Waals surface area (Å²) in [5.41, 5.74) is 7.29. The smallest absolute Gasteiger partial charge is 0.103 e. The predicted octanol–water partition coefficient (Wildman–Crippen LogP) is 1.46. The maximum absolute atomic E-state index is 10.3. The molecule has 1 heterocycles. The van der Waals surface area contributed by atoms with Crippen LogP contribution in [0.25, 0.3) is 0 Å². The van der Waals surface area contributed by atoms with Crippen molar-refractivity contribution in [2.45, 2.75) is 25.0 Å². The zero-order valence-electron chi connectivity index (χ0n) is 11.8. The highest BCUT2D eigenvalue weighted by molar-refractivity contribution is 7.80. The fourth-order valence-electron chi connectivity index (χ4n) is 2.59. The molecule has 5 heteroatoms. The zero-order valence-corrected chi connectivity index (χ0v) is 12.6. The third kappa shape index (κ3) is 3.99. The van der Waals surface area contributed by atoms with Gasteiger partial charge in [0.05, 0.1) is 12.2 Å². The number of aliphatic hydroxyl groups excluding tert-OH is 1. The molecule has 0 bridgehead atoms. The summed E-state index contributed by atoms with van der Waals surface area (Å²) in [4.78, 5) is 2.63. The molecule has 3 N–H and O–H groups in total. The first-order chi connectivity index (χ1) is 9.60. The second kappa shape index (κ2) is 7.13. The van der Waals surface area contributed by atoms with E-state index in [9.17, 15) is 5.11 Å². The first-order valence-electron chi connectivity index (χ1n) is 6.93. The molecule has 1 fully saturated rings. The number of piperidine rings is 1. The van der Waals surface area contributed by atoms with Crippen LogP contribution in [0.2, 0.25) is 0 Å². The highest BCUT2D eigenvalue weighted by Crippen LogP contribution is 2.19. The maximum Gasteiger partial charge on any atom is 0.103 e. The number of benzene rings is 1. The van der Waals surface area contributed by atoms with Crippen LogP contribution in [-0.4, -0.2) is 47.8 Å². The molecule has 0 aliphatic carbocycles. The summed E-state index contributed by atoms with van der Waals surface area (Å²) in [6, 6.07) is 7.48. The molecule has 20 heavy (non-hydrogen) atoms. The molecule has 0 aromatic heterocycles. The second-order valence-corrected chi connectivity index (χ2v) is 5.70. The van der Waals surface area contributed by atoms with Gasteiger partial charge in [0.2, 0.25) is 0 Å². The normalized spacial score (nSPS) is 21.6. The van der Waals surface area contributed by atoms with Crippen LogP contribution in [0.1, 0.15) is 30.1 Å². The average molecular weight is 294 g/mol. The monoisotopic (exact) mass is 294 g/mol. The average Bonchev–Trinajstić information content (AvgIpc) is 2.47. The van der Waals surface area contributed by atoms with E-state index in [1.807, 2.05) is 24.3 Å². The van der Waals surface area contributed by atoms with E-state index in [2.05, 4.69) is 4.90 Å². The number of hydrogen-bond acceptors (Lipinski definition) is 4. The van der Waals surface area contributed by atoms with Crippen molar-refractivity contribution in [2.75, 3.05) is 26.7 Å². The number of thiocarbonyl (C=S) groups is 1. The van der Waals surface area contributed by atoms with E-state index >= 15 is 0 Å². The number of methoxy groups -OCH3 is 1. The molecule has 4 nitrogen and oxygen atoms in total. The Morgan fingerprint density at radius 1 is 1.50 bits per heavy atom. The fraction of sp³-hybridized carbons (Fsp3) is 0.533. The van der Waals surface area contributed by atoms with Crippen LogP contribution >= 0.6 is 12.2 Å². The molecule has 0 spiro atoms. The molecule has 1 aliphatic heterocycles. The molecule has 1 saturated heterocycles. The van der Waals surface area contributed by atoms with Crippen LogP contribution in [-0.2, 0) is 4.74 Å². The fourth-order valence-corrected chi connectivity index (χ4v) is 2.73. The van der Waals surface area contributed by atoms with E-state index in [4.69, 9.17) is 22.7 Å². The van der Waals surface area contributed by atoms with Gasteiger partial charge in [-0.05, 0) is 24.9 Å². The zero-order chi connectivity index (χ0) is 14.5. The van der Waals surface area contributed by atoms with Crippen LogP contribution in [0.4, 0.5) is 0 Å². The largest absolute Gasteiger partial charge is 0.389 e. The van der Waals surface area contributed by atoms with Crippen molar-refractivity contribution in [1.82, 2.24) is 4.90 Å². The minimum Gasteiger partial charge on any atom is -0.389 e. The number of aliphatic hydroxyl groups is 1. The van der Waals surface area contributed by atoms with Crippen LogP contribution in [0, 0.1) is 0 Å². The number of likely N-dealkylation sites (tertiary alicyclic amines) is 1. The summed E-state index contributed by atoms with van der Waals surface area (Å²) < 4.78 is 5.40. The Morgan fingerprint density at radius 3 is 2.80 bits per heavy atom. The lowest BCUT2D eigenvalue weighted by molar-refractivity contribution is 0.0128. The highest BCUT2D eigenvalue weighted by Gasteiger charge is 2.21. The molecule has 0 radical (unpaired) electrons. The number of nitrogens with two attached hydrogens (primary N) is 1. The van der Waals surface area contributed by atoms with Gasteiger partial charge in [0.1, 0.15) is 4.99 Å². The van der Waals surface area contributed by atoms with Gasteiger partial charge in [-0.25, -0.2) is 0 Å². The van der Waals surface area contributed by atoms with Crippen LogP contribution in [0.15, 0.2) is 24.3 Å². The minimum absolute atomic E-state index is 0.285. The number of rotatable bonds is 5. The van der Waals surface area contributed by atoms with Gasteiger partial charge in [0, 0.05) is 25.8 Å². The summed E-state index contributed by atoms with van der Waals surface area (Å²) in [6.07, 6.45) is 2.01. The van der Waals surface area contributed by atoms with E-state index in [1.54, 1.807) is 7.11 Å². The van der Waals surface area contributed by atoms with Gasteiger partial charge in [-0.3, -0.25) is 4.90 Å². The van der Waals surface area contributed by atoms with Crippen LogP contribution in [0.3, 0.4) is 0 Å². The summed E-state index contributed by atoms with van der Waals surface area (Å²) in [5, 5.41) is 10.3. The Labute approximate surface area is 125 Å². The Kier molecular flexibility index (Phi) is 5.48. The molecule has 0 amide bonds. The van der Waals surface area contributed by atoms with Crippen molar-refractivity contribution >= 4 is 17.2 Å². The van der Waals surface area contributed by atoms with E-state index in [1.165, 1.54) is 0 Å². The first-order valence-corrected chi connectivity index (χ1v) is 7.34. The molecule has 2 rings (SSSR count). The first kappa shape index (κ1) is 15.4. The highest BCUT2D eigenvalue weighted by atomic mass is 32.1. The molecular formula is C15H22N2O2S. The Morgan fingerprint density at radius 2 is 2.20 bits per heavy atom. The lowest BCUT2D eigenvalue weighted by atomic mass is 10.0. The summed E-state index contributed by atoms with van der Waals surface area (Å²) >= 11 is 4.92. The predicted molar refractivity (Wildman–Crippen MR) is 83.8 cm³/mol. The van der Waals surface area contributed by atoms with Crippen LogP contribution in [0.5, 0.6) is 0 Å². The molecular weight excluding hydrogens is 272 g/mol. The van der Waals surface area contributed by atoms with Gasteiger partial charge >= 0.3 is 0 Å². The van der Waals surface area contributed by atoms with Crippen molar-refractivity contribution in [3.63, 3.8) is 0 Å². The summed E-state index contributed by atoms with van der Waals surface area (Å²) in [6.45, 7) is 2.53. The third-order valence-corrected chi connectivity index (χ3v) is 4.04. The molecule has 2 atom stereocenters. The minimum atomic E-state index is -0.494. The topological polar surface area (TPSA) is 58.7 Å². The van der Waals surface area contributed by atoms with Gasteiger partial charge in [-0.15, -0.1) is 0 Å². The Bertz CT molecular complexity index is 450. The third-order valence-electron chi connectivity index (χ3n) is 3.81. The number of ether oxygens (including phenoxy) is 1. The van der Waals surface area contributed by atoms with Gasteiger partial charge in [-0.1, -0.05) is 36.5 Å². The Hall–Kier alpha value is -1.01. The molecule has 110 valence electrons. The molecule has 1 aromatic carbocycles. The van der Waals surface area contributed by atoms with E-state index in [0.29, 0.717) is 11.5 Å². The van der Waals surface area contributed by atoms with Crippen molar-refractivity contribution in [3.8, 4) is 0 Å². The van der Waals surface area contributed by atoms with Gasteiger partial charge < -0.3 is 15.6 Å². The lowest BCUT2D eigenvalue weighted by Crippen LogP contribution is -2.41. The number of nitrogens with zero attached hydrogens (tertiary/aromatic N) is 1. The number of hydrogen-bond donors (Lipinski definition) is 2. The summed E-state index contributed by atoms with van der Waals surface area (Å²) in [7, 11) is 1.75. The quantitative estimate of drug-likeness (QED) is 0.805. The van der Waals surface area contributed by atoms with Crippen molar-refractivity contribution in [1.29, 1.82) is 0 Å².